The minimum Gasteiger partial charge on any atom is -0.480 e. The van der Waals surface area contributed by atoms with Crippen LogP contribution in [0.2, 0.25) is 0 Å². The molecule has 0 unspecified atom stereocenters. The second kappa shape index (κ2) is 4.72. The van der Waals surface area contributed by atoms with E-state index in [4.69, 9.17) is 4.74 Å². The van der Waals surface area contributed by atoms with Gasteiger partial charge in [-0.3, -0.25) is 4.79 Å². The first-order valence-electron chi connectivity index (χ1n) is 8.60. The molecule has 1 amide bonds. The van der Waals surface area contributed by atoms with Gasteiger partial charge in [0.15, 0.2) is 15.2 Å². The van der Waals surface area contributed by atoms with E-state index in [2.05, 4.69) is 0 Å². The van der Waals surface area contributed by atoms with E-state index in [1.165, 1.54) is 20.3 Å². The van der Waals surface area contributed by atoms with Crippen LogP contribution >= 0.6 is 0 Å². The van der Waals surface area contributed by atoms with Gasteiger partial charge in [-0.05, 0) is 33.1 Å². The molecule has 0 aromatic rings. The van der Waals surface area contributed by atoms with Crippen molar-refractivity contribution in [1.29, 1.82) is 0 Å². The van der Waals surface area contributed by atoms with Gasteiger partial charge in [0.05, 0.1) is 17.0 Å². The summed E-state index contributed by atoms with van der Waals surface area (Å²) in [7, 11) is -3.77. The zero-order valence-electron chi connectivity index (χ0n) is 13.9. The molecule has 2 saturated carbocycles. The van der Waals surface area contributed by atoms with E-state index in [0.29, 0.717) is 6.42 Å². The summed E-state index contributed by atoms with van der Waals surface area (Å²) in [6.45, 7) is 2.81. The Morgan fingerprint density at radius 3 is 2.46 bits per heavy atom. The van der Waals surface area contributed by atoms with Gasteiger partial charge in [-0.15, -0.1) is 0 Å². The quantitative estimate of drug-likeness (QED) is 0.754. The molecular weight excluding hydrogens is 334 g/mol. The first kappa shape index (κ1) is 16.3. The number of carbonyl (C=O) groups excluding carboxylic acids is 1. The summed E-state index contributed by atoms with van der Waals surface area (Å²) in [4.78, 5) is 25.3. The maximum Gasteiger partial charge on any atom is 0.328 e. The van der Waals surface area contributed by atoms with E-state index in [1.54, 1.807) is 0 Å². The average Bonchev–Trinajstić information content (AvgIpc) is 3.19. The van der Waals surface area contributed by atoms with Crippen LogP contribution in [0, 0.1) is 5.41 Å². The summed E-state index contributed by atoms with van der Waals surface area (Å²) in [5.74, 6) is -1.63. The monoisotopic (exact) mass is 357 g/mol. The van der Waals surface area contributed by atoms with Crippen LogP contribution in [0.5, 0.6) is 0 Å². The second-order valence-electron chi connectivity index (χ2n) is 8.08. The van der Waals surface area contributed by atoms with Gasteiger partial charge in [-0.1, -0.05) is 19.3 Å². The van der Waals surface area contributed by atoms with Crippen molar-refractivity contribution in [2.45, 2.75) is 80.7 Å². The molecule has 0 radical (unpaired) electrons. The third kappa shape index (κ3) is 1.73. The maximum absolute atomic E-state index is 12.9. The highest BCUT2D eigenvalue weighted by Gasteiger charge is 2.86. The fourth-order valence-corrected chi connectivity index (χ4v) is 7.36. The lowest BCUT2D eigenvalue weighted by molar-refractivity contribution is -0.169. The Bertz CT molecular complexity index is 710. The molecule has 2 heterocycles. The number of hydrogen-bond acceptors (Lipinski definition) is 5. The zero-order valence-corrected chi connectivity index (χ0v) is 14.7. The second-order valence-corrected chi connectivity index (χ2v) is 10.7. The minimum absolute atomic E-state index is 0.0948. The number of hydrogen-bond donors (Lipinski definition) is 1. The number of β-lactam (4-membered cyclic amide) rings is 1. The number of carbonyl (C=O) groups is 2. The van der Waals surface area contributed by atoms with Crippen molar-refractivity contribution in [3.8, 4) is 0 Å². The molecule has 2 aliphatic heterocycles. The van der Waals surface area contributed by atoms with E-state index in [9.17, 15) is 23.1 Å². The fraction of sp³-hybridized carbons (Fsp3) is 0.875. The molecule has 2 aliphatic carbocycles. The van der Waals surface area contributed by atoms with Crippen molar-refractivity contribution in [2.75, 3.05) is 0 Å². The van der Waals surface area contributed by atoms with Crippen molar-refractivity contribution in [3.05, 3.63) is 0 Å². The van der Waals surface area contributed by atoms with Gasteiger partial charge in [-0.2, -0.15) is 0 Å². The first-order valence-corrected chi connectivity index (χ1v) is 10.1. The molecule has 4 atom stereocenters. The summed E-state index contributed by atoms with van der Waals surface area (Å²) in [5, 5.41) is 8.41. The summed E-state index contributed by atoms with van der Waals surface area (Å²) < 4.78 is 30.4. The van der Waals surface area contributed by atoms with Crippen molar-refractivity contribution in [3.63, 3.8) is 0 Å². The van der Waals surface area contributed by atoms with E-state index in [-0.39, 0.29) is 18.1 Å². The number of aliphatic carboxylic acids is 1. The van der Waals surface area contributed by atoms with Crippen LogP contribution in [0.15, 0.2) is 0 Å². The van der Waals surface area contributed by atoms with Crippen LogP contribution in [0.4, 0.5) is 0 Å². The molecule has 4 aliphatic rings. The average molecular weight is 357 g/mol. The Labute approximate surface area is 141 Å². The third-order valence-corrected chi connectivity index (χ3v) is 9.30. The Morgan fingerprint density at radius 1 is 1.25 bits per heavy atom. The lowest BCUT2D eigenvalue weighted by Crippen LogP contribution is -2.66. The molecule has 0 aromatic carbocycles. The fourth-order valence-electron chi connectivity index (χ4n) is 4.84. The van der Waals surface area contributed by atoms with Gasteiger partial charge in [0, 0.05) is 0 Å². The van der Waals surface area contributed by atoms with Crippen molar-refractivity contribution < 1.29 is 27.9 Å². The number of rotatable bonds is 3. The highest BCUT2D eigenvalue weighted by molar-refractivity contribution is 7.94. The molecule has 24 heavy (non-hydrogen) atoms. The van der Waals surface area contributed by atoms with Gasteiger partial charge in [0.25, 0.3) is 0 Å². The Balaban J connectivity index is 1.61. The standard InChI is InChI=1S/C16H23NO6S/c1-15(2)11(12(18)19)17-13(20)16(14(17)24(15,21)22)8-10(16)23-9-6-4-3-5-7-9/h9-11,14H,3-8H2,1-2H3,(H,18,19)/t10-,11+,14-,16+/m1/s1. The highest BCUT2D eigenvalue weighted by Crippen LogP contribution is 2.67. The van der Waals surface area contributed by atoms with Gasteiger partial charge >= 0.3 is 5.97 Å². The molecule has 7 nitrogen and oxygen atoms in total. The smallest absolute Gasteiger partial charge is 0.328 e. The van der Waals surface area contributed by atoms with Gasteiger partial charge in [-0.25, -0.2) is 13.2 Å². The number of carboxylic acids is 1. The minimum atomic E-state index is -3.77. The van der Waals surface area contributed by atoms with Crippen LogP contribution in [0.25, 0.3) is 0 Å². The predicted octanol–water partition coefficient (Wildman–Crippen LogP) is 0.923. The summed E-state index contributed by atoms with van der Waals surface area (Å²) in [6.07, 6.45) is 5.39. The first-order chi connectivity index (χ1) is 11.2. The SMILES string of the molecule is CC1(C)[C@H](C(=O)O)N2C(=O)[C@@]3(C[C@H]3OC3CCCCC3)[C@H]2S1(=O)=O. The molecule has 0 aromatic heterocycles. The molecule has 1 N–H and O–H groups in total. The van der Waals surface area contributed by atoms with Crippen LogP contribution in [-0.4, -0.2) is 58.7 Å². The summed E-state index contributed by atoms with van der Waals surface area (Å²) in [5.41, 5.74) is -1.03. The predicted molar refractivity (Wildman–Crippen MR) is 83.9 cm³/mol. The molecule has 4 rings (SSSR count). The van der Waals surface area contributed by atoms with Crippen molar-refractivity contribution in [2.24, 2.45) is 5.41 Å². The Hall–Kier alpha value is -1.15. The molecular formula is C16H23NO6S. The number of sulfone groups is 1. The highest BCUT2D eigenvalue weighted by atomic mass is 32.2. The summed E-state index contributed by atoms with van der Waals surface area (Å²) >= 11 is 0. The van der Waals surface area contributed by atoms with E-state index in [1.807, 2.05) is 0 Å². The summed E-state index contributed by atoms with van der Waals surface area (Å²) in [6, 6.07) is -1.32. The van der Waals surface area contributed by atoms with Crippen LogP contribution < -0.4 is 0 Å². The molecule has 1 spiro atoms. The van der Waals surface area contributed by atoms with Gasteiger partial charge < -0.3 is 14.7 Å². The topological polar surface area (TPSA) is 101 Å². The van der Waals surface area contributed by atoms with Crippen molar-refractivity contribution in [1.82, 2.24) is 4.90 Å². The van der Waals surface area contributed by atoms with Crippen LogP contribution in [0.3, 0.4) is 0 Å². The molecule has 8 heteroatoms. The van der Waals surface area contributed by atoms with Crippen molar-refractivity contribution >= 4 is 21.7 Å². The number of ether oxygens (including phenoxy) is 1. The Kier molecular flexibility index (Phi) is 3.21. The van der Waals surface area contributed by atoms with Crippen LogP contribution in [0.1, 0.15) is 52.4 Å². The maximum atomic E-state index is 12.9. The number of carboxylic acid groups (broad SMARTS) is 1. The normalized spacial score (nSPS) is 42.7. The Morgan fingerprint density at radius 2 is 1.88 bits per heavy atom. The number of nitrogens with zero attached hydrogens (tertiary/aromatic N) is 1. The molecule has 134 valence electrons. The van der Waals surface area contributed by atoms with E-state index < -0.39 is 37.4 Å². The molecule has 4 fully saturated rings. The largest absolute Gasteiger partial charge is 0.480 e. The van der Waals surface area contributed by atoms with Gasteiger partial charge in [0.1, 0.15) is 11.5 Å². The molecule has 0 bridgehead atoms. The van der Waals surface area contributed by atoms with Crippen LogP contribution in [-0.2, 0) is 24.2 Å². The number of fused-ring (bicyclic) bond motifs is 2. The van der Waals surface area contributed by atoms with E-state index >= 15 is 0 Å². The number of amides is 1. The lowest BCUT2D eigenvalue weighted by Gasteiger charge is -2.44. The third-order valence-electron chi connectivity index (χ3n) is 6.37. The molecule has 2 saturated heterocycles. The lowest BCUT2D eigenvalue weighted by atomic mass is 9.89. The van der Waals surface area contributed by atoms with E-state index in [0.717, 1.165) is 30.6 Å². The zero-order chi connectivity index (χ0) is 17.5. The van der Waals surface area contributed by atoms with Gasteiger partial charge in [0.2, 0.25) is 5.91 Å².